The number of unbranched alkanes of at least 4 members (excludes halogenated alkanes) is 1. The number of benzene rings is 1. The van der Waals surface area contributed by atoms with E-state index in [1.54, 1.807) is 25.3 Å². The van der Waals surface area contributed by atoms with Crippen molar-refractivity contribution in [1.29, 1.82) is 0 Å². The first-order valence-corrected chi connectivity index (χ1v) is 7.63. The summed E-state index contributed by atoms with van der Waals surface area (Å²) in [5, 5.41) is 3.32. The monoisotopic (exact) mass is 313 g/mol. The minimum atomic E-state index is -0.822. The Balaban J connectivity index is 2.83. The van der Waals surface area contributed by atoms with Crippen molar-refractivity contribution < 1.29 is 14.3 Å². The van der Waals surface area contributed by atoms with Gasteiger partial charge in [-0.25, -0.2) is 0 Å². The molecule has 0 radical (unpaired) electrons. The molecule has 118 valence electrons. The van der Waals surface area contributed by atoms with Crippen LogP contribution in [0.3, 0.4) is 0 Å². The van der Waals surface area contributed by atoms with Crippen molar-refractivity contribution in [2.24, 2.45) is 0 Å². The van der Waals surface area contributed by atoms with Gasteiger partial charge >= 0.3 is 0 Å². The largest absolute Gasteiger partial charge is 0.495 e. The molecule has 0 aliphatic carbocycles. The van der Waals surface area contributed by atoms with Gasteiger partial charge in [0.15, 0.2) is 0 Å². The second-order valence-corrected chi connectivity index (χ2v) is 5.48. The van der Waals surface area contributed by atoms with E-state index in [0.29, 0.717) is 29.5 Å². The van der Waals surface area contributed by atoms with Crippen molar-refractivity contribution in [1.82, 2.24) is 0 Å². The number of anilines is 1. The zero-order chi connectivity index (χ0) is 15.9. The second-order valence-electron chi connectivity index (χ2n) is 5.07. The van der Waals surface area contributed by atoms with Crippen LogP contribution in [0, 0.1) is 0 Å². The Morgan fingerprint density at radius 2 is 2.10 bits per heavy atom. The maximum Gasteiger partial charge on any atom is 0.256 e. The first-order chi connectivity index (χ1) is 9.96. The fourth-order valence-electron chi connectivity index (χ4n) is 2.09. The molecule has 0 fully saturated rings. The van der Waals surface area contributed by atoms with Crippen LogP contribution in [-0.2, 0) is 9.53 Å². The molecule has 1 aromatic rings. The summed E-state index contributed by atoms with van der Waals surface area (Å²) in [5.74, 6) is 0.423. The summed E-state index contributed by atoms with van der Waals surface area (Å²) in [7, 11) is 1.55. The fourth-order valence-corrected chi connectivity index (χ4v) is 2.35. The molecule has 0 aromatic heterocycles. The van der Waals surface area contributed by atoms with Crippen LogP contribution < -0.4 is 10.1 Å². The van der Waals surface area contributed by atoms with Crippen LogP contribution in [0.2, 0.25) is 5.02 Å². The van der Waals surface area contributed by atoms with Gasteiger partial charge in [-0.3, -0.25) is 4.79 Å². The van der Waals surface area contributed by atoms with Crippen LogP contribution in [0.5, 0.6) is 5.75 Å². The third kappa shape index (κ3) is 4.90. The van der Waals surface area contributed by atoms with Crippen LogP contribution in [0.25, 0.3) is 0 Å². The van der Waals surface area contributed by atoms with E-state index in [1.165, 1.54) is 0 Å². The van der Waals surface area contributed by atoms with Gasteiger partial charge < -0.3 is 14.8 Å². The number of amides is 1. The van der Waals surface area contributed by atoms with Gasteiger partial charge in [0.25, 0.3) is 5.91 Å². The van der Waals surface area contributed by atoms with Gasteiger partial charge in [-0.05, 0) is 38.5 Å². The molecule has 1 atom stereocenters. The Bertz CT molecular complexity index is 479. The van der Waals surface area contributed by atoms with E-state index in [0.717, 1.165) is 12.8 Å². The van der Waals surface area contributed by atoms with Gasteiger partial charge in [0.1, 0.15) is 11.4 Å². The number of nitrogens with one attached hydrogen (secondary N) is 1. The van der Waals surface area contributed by atoms with E-state index in [2.05, 4.69) is 12.2 Å². The molecule has 0 heterocycles. The highest BCUT2D eigenvalue weighted by atomic mass is 35.5. The first-order valence-electron chi connectivity index (χ1n) is 7.25. The van der Waals surface area contributed by atoms with Gasteiger partial charge in [-0.1, -0.05) is 31.4 Å². The molecule has 4 nitrogen and oxygen atoms in total. The van der Waals surface area contributed by atoms with E-state index < -0.39 is 5.60 Å². The molecule has 5 heteroatoms. The van der Waals surface area contributed by atoms with E-state index in [9.17, 15) is 4.79 Å². The van der Waals surface area contributed by atoms with Crippen LogP contribution in [0.1, 0.15) is 40.0 Å². The number of ether oxygens (including phenoxy) is 2. The number of methoxy groups -OCH3 is 1. The molecule has 1 N–H and O–H groups in total. The topological polar surface area (TPSA) is 47.6 Å². The van der Waals surface area contributed by atoms with Crippen LogP contribution in [-0.4, -0.2) is 25.2 Å². The number of carbonyl (C=O) groups is 1. The smallest absolute Gasteiger partial charge is 0.256 e. The molecule has 0 spiro atoms. The fraction of sp³-hybridized carbons (Fsp3) is 0.562. The average Bonchev–Trinajstić information content (AvgIpc) is 2.45. The summed E-state index contributed by atoms with van der Waals surface area (Å²) < 4.78 is 10.8. The average molecular weight is 314 g/mol. The highest BCUT2D eigenvalue weighted by molar-refractivity contribution is 6.32. The highest BCUT2D eigenvalue weighted by Crippen LogP contribution is 2.28. The number of rotatable bonds is 8. The van der Waals surface area contributed by atoms with E-state index in [-0.39, 0.29) is 5.91 Å². The zero-order valence-corrected chi connectivity index (χ0v) is 13.9. The molecule has 1 amide bonds. The maximum absolute atomic E-state index is 12.5. The third-order valence-corrected chi connectivity index (χ3v) is 3.66. The van der Waals surface area contributed by atoms with Gasteiger partial charge in [0, 0.05) is 12.3 Å². The Hall–Kier alpha value is -1.26. The predicted octanol–water partition coefficient (Wildman–Crippen LogP) is 4.27. The summed E-state index contributed by atoms with van der Waals surface area (Å²) >= 11 is 6.06. The van der Waals surface area contributed by atoms with Gasteiger partial charge in [0.2, 0.25) is 0 Å². The Labute approximate surface area is 131 Å². The SMILES string of the molecule is CCCCC(C)(OCC)C(=O)Nc1ccc(OC)c(Cl)c1. The lowest BCUT2D eigenvalue weighted by molar-refractivity contribution is -0.139. The van der Waals surface area contributed by atoms with Crippen molar-refractivity contribution in [2.75, 3.05) is 19.0 Å². The molecule has 1 unspecified atom stereocenters. The van der Waals surface area contributed by atoms with E-state index >= 15 is 0 Å². The van der Waals surface area contributed by atoms with Gasteiger partial charge in [-0.15, -0.1) is 0 Å². The molecular weight excluding hydrogens is 290 g/mol. The van der Waals surface area contributed by atoms with E-state index in [4.69, 9.17) is 21.1 Å². The molecular formula is C16H24ClNO3. The number of hydrogen-bond acceptors (Lipinski definition) is 3. The molecule has 0 saturated heterocycles. The van der Waals surface area contributed by atoms with Crippen molar-refractivity contribution >= 4 is 23.2 Å². The van der Waals surface area contributed by atoms with E-state index in [1.807, 2.05) is 13.8 Å². The summed E-state index contributed by atoms with van der Waals surface area (Å²) in [6, 6.07) is 5.15. The minimum absolute atomic E-state index is 0.154. The van der Waals surface area contributed by atoms with Gasteiger partial charge in [-0.2, -0.15) is 0 Å². The Morgan fingerprint density at radius 3 is 2.62 bits per heavy atom. The second kappa shape index (κ2) is 8.25. The minimum Gasteiger partial charge on any atom is -0.495 e. The normalized spacial score (nSPS) is 13.6. The molecule has 0 saturated carbocycles. The molecule has 0 aliphatic rings. The molecule has 21 heavy (non-hydrogen) atoms. The van der Waals surface area contributed by atoms with Crippen molar-refractivity contribution in [3.8, 4) is 5.75 Å². The Kier molecular flexibility index (Phi) is 6.99. The van der Waals surface area contributed by atoms with Crippen LogP contribution >= 0.6 is 11.6 Å². The van der Waals surface area contributed by atoms with Crippen LogP contribution in [0.15, 0.2) is 18.2 Å². The van der Waals surface area contributed by atoms with Crippen LogP contribution in [0.4, 0.5) is 5.69 Å². The maximum atomic E-state index is 12.5. The van der Waals surface area contributed by atoms with Crippen molar-refractivity contribution in [3.63, 3.8) is 0 Å². The standard InChI is InChI=1S/C16H24ClNO3/c1-5-7-10-16(3,21-6-2)15(19)18-12-8-9-14(20-4)13(17)11-12/h8-9,11H,5-7,10H2,1-4H3,(H,18,19). The summed E-state index contributed by atoms with van der Waals surface area (Å²) in [6.07, 6.45) is 2.64. The van der Waals surface area contributed by atoms with Crippen molar-refractivity contribution in [2.45, 2.75) is 45.6 Å². The summed E-state index contributed by atoms with van der Waals surface area (Å²) in [5.41, 5.74) is -0.190. The lowest BCUT2D eigenvalue weighted by Gasteiger charge is -2.28. The molecule has 1 aromatic carbocycles. The summed E-state index contributed by atoms with van der Waals surface area (Å²) in [4.78, 5) is 12.5. The Morgan fingerprint density at radius 1 is 1.38 bits per heavy atom. The first kappa shape index (κ1) is 17.8. The number of halogens is 1. The number of hydrogen-bond donors (Lipinski definition) is 1. The lowest BCUT2D eigenvalue weighted by atomic mass is 9.97. The summed E-state index contributed by atoms with van der Waals surface area (Å²) in [6.45, 7) is 6.30. The lowest BCUT2D eigenvalue weighted by Crippen LogP contribution is -2.42. The molecule has 0 aliphatic heterocycles. The van der Waals surface area contributed by atoms with Crippen molar-refractivity contribution in [3.05, 3.63) is 23.2 Å². The molecule has 1 rings (SSSR count). The quantitative estimate of drug-likeness (QED) is 0.779. The predicted molar refractivity (Wildman–Crippen MR) is 86.2 cm³/mol. The van der Waals surface area contributed by atoms with Gasteiger partial charge in [0.05, 0.1) is 12.1 Å². The number of carbonyl (C=O) groups excluding carboxylic acids is 1. The zero-order valence-electron chi connectivity index (χ0n) is 13.2. The highest BCUT2D eigenvalue weighted by Gasteiger charge is 2.33. The molecule has 0 bridgehead atoms. The third-order valence-electron chi connectivity index (χ3n) is 3.36.